The number of esters is 1. The van der Waals surface area contributed by atoms with Crippen molar-refractivity contribution in [1.29, 1.82) is 0 Å². The second-order valence-corrected chi connectivity index (χ2v) is 5.08. The predicted molar refractivity (Wildman–Crippen MR) is 81.4 cm³/mol. The third kappa shape index (κ3) is 4.23. The highest BCUT2D eigenvalue weighted by molar-refractivity contribution is 6.30. The van der Waals surface area contributed by atoms with Gasteiger partial charge in [0.05, 0.1) is 7.11 Å². The first kappa shape index (κ1) is 15.4. The SMILES string of the molecule is COC(=O)/C=C/C(=O)N1CCN(c2ccc(Cl)cc2)CC1. The Kier molecular flexibility index (Phi) is 5.22. The molecule has 1 aromatic carbocycles. The van der Waals surface area contributed by atoms with Crippen molar-refractivity contribution >= 4 is 29.2 Å². The minimum absolute atomic E-state index is 0.170. The van der Waals surface area contributed by atoms with Crippen LogP contribution in [-0.4, -0.2) is 50.1 Å². The van der Waals surface area contributed by atoms with Crippen LogP contribution in [0.5, 0.6) is 0 Å². The van der Waals surface area contributed by atoms with Crippen LogP contribution >= 0.6 is 11.6 Å². The lowest BCUT2D eigenvalue weighted by molar-refractivity contribution is -0.135. The van der Waals surface area contributed by atoms with Gasteiger partial charge in [0.1, 0.15) is 0 Å². The molecule has 1 heterocycles. The Balaban J connectivity index is 1.88. The van der Waals surface area contributed by atoms with Crippen molar-refractivity contribution in [2.75, 3.05) is 38.2 Å². The summed E-state index contributed by atoms with van der Waals surface area (Å²) in [5.74, 6) is -0.695. The third-order valence-electron chi connectivity index (χ3n) is 3.35. The summed E-state index contributed by atoms with van der Waals surface area (Å²) >= 11 is 5.87. The lowest BCUT2D eigenvalue weighted by Crippen LogP contribution is -2.48. The van der Waals surface area contributed by atoms with Gasteiger partial charge in [-0.1, -0.05) is 11.6 Å². The Labute approximate surface area is 128 Å². The fraction of sp³-hybridized carbons (Fsp3) is 0.333. The first-order valence-corrected chi connectivity index (χ1v) is 7.03. The molecule has 6 heteroatoms. The van der Waals surface area contributed by atoms with E-state index in [0.29, 0.717) is 18.1 Å². The van der Waals surface area contributed by atoms with Crippen molar-refractivity contribution in [2.24, 2.45) is 0 Å². The van der Waals surface area contributed by atoms with E-state index in [1.54, 1.807) is 4.90 Å². The summed E-state index contributed by atoms with van der Waals surface area (Å²) in [6.07, 6.45) is 2.40. The smallest absolute Gasteiger partial charge is 0.330 e. The zero-order valence-corrected chi connectivity index (χ0v) is 12.5. The summed E-state index contributed by atoms with van der Waals surface area (Å²) in [6.45, 7) is 2.73. The highest BCUT2D eigenvalue weighted by atomic mass is 35.5. The number of ether oxygens (including phenoxy) is 1. The normalized spacial score (nSPS) is 15.3. The molecule has 0 aromatic heterocycles. The first-order chi connectivity index (χ1) is 10.1. The van der Waals surface area contributed by atoms with Gasteiger partial charge >= 0.3 is 5.97 Å². The van der Waals surface area contributed by atoms with E-state index in [4.69, 9.17) is 11.6 Å². The summed E-state index contributed by atoms with van der Waals surface area (Å²) in [6, 6.07) is 7.65. The Hall–Kier alpha value is -2.01. The van der Waals surface area contributed by atoms with Crippen molar-refractivity contribution in [1.82, 2.24) is 4.90 Å². The number of amides is 1. The first-order valence-electron chi connectivity index (χ1n) is 6.65. The van der Waals surface area contributed by atoms with Gasteiger partial charge < -0.3 is 14.5 Å². The molecule has 0 N–H and O–H groups in total. The van der Waals surface area contributed by atoms with Gasteiger partial charge in [-0.05, 0) is 24.3 Å². The molecule has 1 aliphatic heterocycles. The fourth-order valence-corrected chi connectivity index (χ4v) is 2.28. The Morgan fingerprint density at radius 2 is 1.71 bits per heavy atom. The molecule has 0 unspecified atom stereocenters. The van der Waals surface area contributed by atoms with Crippen molar-refractivity contribution in [3.63, 3.8) is 0 Å². The van der Waals surface area contributed by atoms with Crippen LogP contribution in [0.2, 0.25) is 5.02 Å². The molecule has 1 saturated heterocycles. The van der Waals surface area contributed by atoms with E-state index in [-0.39, 0.29) is 5.91 Å². The molecule has 0 saturated carbocycles. The number of anilines is 1. The quantitative estimate of drug-likeness (QED) is 0.630. The van der Waals surface area contributed by atoms with Gasteiger partial charge in [-0.25, -0.2) is 4.79 Å². The number of hydrogen-bond donors (Lipinski definition) is 0. The summed E-state index contributed by atoms with van der Waals surface area (Å²) in [7, 11) is 1.28. The number of methoxy groups -OCH3 is 1. The number of nitrogens with zero attached hydrogens (tertiary/aromatic N) is 2. The van der Waals surface area contributed by atoms with Crippen LogP contribution in [0.15, 0.2) is 36.4 Å². The van der Waals surface area contributed by atoms with Crippen LogP contribution in [0.4, 0.5) is 5.69 Å². The number of benzene rings is 1. The highest BCUT2D eigenvalue weighted by Crippen LogP contribution is 2.19. The summed E-state index contributed by atoms with van der Waals surface area (Å²) in [5, 5.41) is 0.709. The Morgan fingerprint density at radius 3 is 2.29 bits per heavy atom. The van der Waals surface area contributed by atoms with E-state index in [9.17, 15) is 9.59 Å². The molecule has 1 fully saturated rings. The molecule has 112 valence electrons. The summed E-state index contributed by atoms with van der Waals surface area (Å²) < 4.78 is 4.46. The molecule has 1 aromatic rings. The molecule has 0 radical (unpaired) electrons. The second kappa shape index (κ2) is 7.13. The van der Waals surface area contributed by atoms with Gasteiger partial charge in [-0.15, -0.1) is 0 Å². The average Bonchev–Trinajstić information content (AvgIpc) is 2.53. The molecular formula is C15H17ClN2O3. The minimum Gasteiger partial charge on any atom is -0.466 e. The monoisotopic (exact) mass is 308 g/mol. The molecule has 0 aliphatic carbocycles. The average molecular weight is 309 g/mol. The molecule has 0 atom stereocenters. The van der Waals surface area contributed by atoms with Crippen LogP contribution in [-0.2, 0) is 14.3 Å². The van der Waals surface area contributed by atoms with E-state index in [2.05, 4.69) is 9.64 Å². The van der Waals surface area contributed by atoms with Crippen LogP contribution in [0, 0.1) is 0 Å². The molecule has 1 aliphatic rings. The maximum absolute atomic E-state index is 11.9. The fourth-order valence-electron chi connectivity index (χ4n) is 2.15. The van der Waals surface area contributed by atoms with Gasteiger partial charge in [-0.3, -0.25) is 4.79 Å². The standard InChI is InChI=1S/C15H17ClN2O3/c1-21-15(20)7-6-14(19)18-10-8-17(9-11-18)13-4-2-12(16)3-5-13/h2-7H,8-11H2,1H3/b7-6+. The molecule has 0 spiro atoms. The highest BCUT2D eigenvalue weighted by Gasteiger charge is 2.19. The number of carbonyl (C=O) groups is 2. The minimum atomic E-state index is -0.525. The van der Waals surface area contributed by atoms with E-state index < -0.39 is 5.97 Å². The van der Waals surface area contributed by atoms with E-state index >= 15 is 0 Å². The van der Waals surface area contributed by atoms with E-state index in [1.165, 1.54) is 13.2 Å². The number of piperazine rings is 1. The van der Waals surface area contributed by atoms with Gasteiger partial charge in [-0.2, -0.15) is 0 Å². The lowest BCUT2D eigenvalue weighted by Gasteiger charge is -2.35. The predicted octanol–water partition coefficient (Wildman–Crippen LogP) is 1.72. The molecule has 5 nitrogen and oxygen atoms in total. The number of carbonyl (C=O) groups excluding carboxylic acids is 2. The van der Waals surface area contributed by atoms with E-state index in [1.807, 2.05) is 24.3 Å². The molecule has 1 amide bonds. The maximum atomic E-state index is 11.9. The number of rotatable bonds is 3. The molecule has 0 bridgehead atoms. The van der Waals surface area contributed by atoms with Gasteiger partial charge in [0, 0.05) is 49.0 Å². The third-order valence-corrected chi connectivity index (χ3v) is 3.60. The zero-order chi connectivity index (χ0) is 15.2. The van der Waals surface area contributed by atoms with Crippen LogP contribution in [0.1, 0.15) is 0 Å². The van der Waals surface area contributed by atoms with Crippen LogP contribution < -0.4 is 4.90 Å². The van der Waals surface area contributed by atoms with Crippen molar-refractivity contribution in [3.8, 4) is 0 Å². The van der Waals surface area contributed by atoms with Crippen LogP contribution in [0.3, 0.4) is 0 Å². The van der Waals surface area contributed by atoms with Crippen molar-refractivity contribution in [3.05, 3.63) is 41.4 Å². The molecule has 21 heavy (non-hydrogen) atoms. The maximum Gasteiger partial charge on any atom is 0.330 e. The summed E-state index contributed by atoms with van der Waals surface area (Å²) in [5.41, 5.74) is 1.09. The zero-order valence-electron chi connectivity index (χ0n) is 11.8. The summed E-state index contributed by atoms with van der Waals surface area (Å²) in [4.78, 5) is 26.8. The Morgan fingerprint density at radius 1 is 1.10 bits per heavy atom. The van der Waals surface area contributed by atoms with Crippen LogP contribution in [0.25, 0.3) is 0 Å². The van der Waals surface area contributed by atoms with Gasteiger partial charge in [0.2, 0.25) is 5.91 Å². The van der Waals surface area contributed by atoms with Crippen molar-refractivity contribution < 1.29 is 14.3 Å². The number of halogens is 1. The topological polar surface area (TPSA) is 49.9 Å². The van der Waals surface area contributed by atoms with Gasteiger partial charge in [0.25, 0.3) is 0 Å². The second-order valence-electron chi connectivity index (χ2n) is 4.65. The Bertz CT molecular complexity index is 534. The van der Waals surface area contributed by atoms with E-state index in [0.717, 1.165) is 24.9 Å². The molecular weight excluding hydrogens is 292 g/mol. The lowest BCUT2D eigenvalue weighted by atomic mass is 10.2. The molecule has 2 rings (SSSR count). The number of hydrogen-bond acceptors (Lipinski definition) is 4. The largest absolute Gasteiger partial charge is 0.466 e. The van der Waals surface area contributed by atoms with Crippen molar-refractivity contribution in [2.45, 2.75) is 0 Å². The van der Waals surface area contributed by atoms with Gasteiger partial charge in [0.15, 0.2) is 0 Å².